The lowest BCUT2D eigenvalue weighted by atomic mass is 10.00. The molecule has 124 valence electrons. The van der Waals surface area contributed by atoms with Gasteiger partial charge in [0.1, 0.15) is 11.9 Å². The van der Waals surface area contributed by atoms with Crippen molar-refractivity contribution < 1.29 is 5.11 Å². The average molecular weight is 343 g/mol. The second kappa shape index (κ2) is 7.03. The second-order valence-electron chi connectivity index (χ2n) is 5.62. The minimum absolute atomic E-state index is 0.507. The fourth-order valence-electron chi connectivity index (χ4n) is 2.51. The van der Waals surface area contributed by atoms with E-state index in [1.807, 2.05) is 54.9 Å². The van der Waals surface area contributed by atoms with Crippen LogP contribution in [0.5, 0.6) is 0 Å². The third kappa shape index (κ3) is 3.42. The molecule has 0 saturated heterocycles. The predicted molar refractivity (Wildman–Crippen MR) is 95.0 cm³/mol. The van der Waals surface area contributed by atoms with Gasteiger partial charge in [0.2, 0.25) is 0 Å². The summed E-state index contributed by atoms with van der Waals surface area (Å²) in [5, 5.41) is 22.8. The van der Waals surface area contributed by atoms with Gasteiger partial charge in [0.05, 0.1) is 6.54 Å². The molecule has 1 unspecified atom stereocenters. The summed E-state index contributed by atoms with van der Waals surface area (Å²) < 4.78 is 1.93. The second-order valence-corrected chi connectivity index (χ2v) is 6.06. The maximum Gasteiger partial charge on any atom is 0.152 e. The van der Waals surface area contributed by atoms with Gasteiger partial charge in [-0.05, 0) is 30.7 Å². The highest BCUT2D eigenvalue weighted by atomic mass is 35.5. The number of aliphatic hydroxyl groups excluding tert-OH is 1. The molecule has 5 nitrogen and oxygen atoms in total. The smallest absolute Gasteiger partial charge is 0.152 e. The minimum Gasteiger partial charge on any atom is -0.384 e. The summed E-state index contributed by atoms with van der Waals surface area (Å²) in [4.78, 5) is 0. The lowest BCUT2D eigenvalue weighted by Crippen LogP contribution is -2.10. The fraction of sp³-hybridized carbons (Fsp3) is 0.222. The van der Waals surface area contributed by atoms with Crippen LogP contribution in [0.4, 0.5) is 5.69 Å². The summed E-state index contributed by atoms with van der Waals surface area (Å²) in [7, 11) is 1.92. The number of hydrogen-bond acceptors (Lipinski definition) is 4. The summed E-state index contributed by atoms with van der Waals surface area (Å²) in [5.41, 5.74) is 2.36. The van der Waals surface area contributed by atoms with Gasteiger partial charge in [0.15, 0.2) is 5.82 Å². The zero-order valence-electron chi connectivity index (χ0n) is 13.6. The van der Waals surface area contributed by atoms with E-state index in [1.54, 1.807) is 12.1 Å². The van der Waals surface area contributed by atoms with Crippen molar-refractivity contribution in [1.29, 1.82) is 0 Å². The van der Waals surface area contributed by atoms with E-state index < -0.39 is 6.10 Å². The van der Waals surface area contributed by atoms with E-state index in [1.165, 1.54) is 0 Å². The minimum atomic E-state index is -0.756. The lowest BCUT2D eigenvalue weighted by molar-refractivity contribution is 0.221. The quantitative estimate of drug-likeness (QED) is 0.745. The summed E-state index contributed by atoms with van der Waals surface area (Å²) in [6.07, 6.45) is -0.756. The Morgan fingerprint density at radius 3 is 2.58 bits per heavy atom. The number of aromatic nitrogens is 3. The zero-order chi connectivity index (χ0) is 17.1. The van der Waals surface area contributed by atoms with Crippen molar-refractivity contribution in [3.05, 3.63) is 76.3 Å². The van der Waals surface area contributed by atoms with Gasteiger partial charge in [0, 0.05) is 23.3 Å². The average Bonchev–Trinajstić information content (AvgIpc) is 2.92. The Labute approximate surface area is 145 Å². The highest BCUT2D eigenvalue weighted by molar-refractivity contribution is 6.30. The highest BCUT2D eigenvalue weighted by Crippen LogP contribution is 2.31. The molecule has 6 heteroatoms. The van der Waals surface area contributed by atoms with Crippen molar-refractivity contribution in [3.63, 3.8) is 0 Å². The topological polar surface area (TPSA) is 63.0 Å². The van der Waals surface area contributed by atoms with E-state index in [4.69, 9.17) is 11.6 Å². The number of nitrogens with one attached hydrogen (secondary N) is 1. The van der Waals surface area contributed by atoms with Gasteiger partial charge in [-0.25, -0.2) is 0 Å². The van der Waals surface area contributed by atoms with Gasteiger partial charge in [-0.2, -0.15) is 0 Å². The third-order valence-corrected chi connectivity index (χ3v) is 4.28. The zero-order valence-corrected chi connectivity index (χ0v) is 14.3. The lowest BCUT2D eigenvalue weighted by Gasteiger charge is -2.17. The number of hydrogen-bond donors (Lipinski definition) is 2. The molecular formula is C18H19ClN4O. The largest absolute Gasteiger partial charge is 0.384 e. The van der Waals surface area contributed by atoms with E-state index in [2.05, 4.69) is 15.5 Å². The molecule has 24 heavy (non-hydrogen) atoms. The van der Waals surface area contributed by atoms with Crippen molar-refractivity contribution in [2.24, 2.45) is 7.05 Å². The highest BCUT2D eigenvalue weighted by Gasteiger charge is 2.16. The third-order valence-electron chi connectivity index (χ3n) is 4.04. The SMILES string of the molecule is Cc1nnc(CNc2ccc(Cl)cc2C(O)c2ccccc2)n1C. The van der Waals surface area contributed by atoms with Crippen LogP contribution in [0.25, 0.3) is 0 Å². The van der Waals surface area contributed by atoms with Crippen molar-refractivity contribution in [1.82, 2.24) is 14.8 Å². The van der Waals surface area contributed by atoms with E-state index >= 15 is 0 Å². The fourth-order valence-corrected chi connectivity index (χ4v) is 2.70. The molecule has 1 atom stereocenters. The van der Waals surface area contributed by atoms with Crippen LogP contribution in [0, 0.1) is 6.92 Å². The molecule has 2 aromatic carbocycles. The molecular weight excluding hydrogens is 324 g/mol. The van der Waals surface area contributed by atoms with Crippen LogP contribution in [-0.2, 0) is 13.6 Å². The van der Waals surface area contributed by atoms with E-state index in [0.29, 0.717) is 11.6 Å². The van der Waals surface area contributed by atoms with E-state index in [9.17, 15) is 5.11 Å². The molecule has 3 aromatic rings. The summed E-state index contributed by atoms with van der Waals surface area (Å²) in [6, 6.07) is 15.0. The first kappa shape index (κ1) is 16.5. The molecule has 3 rings (SSSR count). The van der Waals surface area contributed by atoms with Gasteiger partial charge in [-0.3, -0.25) is 0 Å². The van der Waals surface area contributed by atoms with Gasteiger partial charge < -0.3 is 15.0 Å². The summed E-state index contributed by atoms with van der Waals surface area (Å²) in [6.45, 7) is 2.41. The number of rotatable bonds is 5. The molecule has 0 radical (unpaired) electrons. The summed E-state index contributed by atoms with van der Waals surface area (Å²) in [5.74, 6) is 1.68. The van der Waals surface area contributed by atoms with Crippen LogP contribution in [0.1, 0.15) is 28.9 Å². The Morgan fingerprint density at radius 2 is 1.92 bits per heavy atom. The Morgan fingerprint density at radius 1 is 1.17 bits per heavy atom. The molecule has 0 bridgehead atoms. The van der Waals surface area contributed by atoms with Gasteiger partial charge in [0.25, 0.3) is 0 Å². The molecule has 0 aliphatic rings. The van der Waals surface area contributed by atoms with Crippen molar-refractivity contribution in [2.45, 2.75) is 19.6 Å². The first-order chi connectivity index (χ1) is 11.6. The number of aryl methyl sites for hydroxylation is 1. The standard InChI is InChI=1S/C18H19ClN4O/c1-12-21-22-17(23(12)2)11-20-16-9-8-14(19)10-15(16)18(24)13-6-4-3-5-7-13/h3-10,18,20,24H,11H2,1-2H3. The van der Waals surface area contributed by atoms with Crippen LogP contribution < -0.4 is 5.32 Å². The molecule has 0 fully saturated rings. The molecule has 1 aromatic heterocycles. The molecule has 0 saturated carbocycles. The van der Waals surface area contributed by atoms with Crippen molar-refractivity contribution in [2.75, 3.05) is 5.32 Å². The predicted octanol–water partition coefficient (Wildman–Crippen LogP) is 3.47. The number of aliphatic hydroxyl groups is 1. The molecule has 1 heterocycles. The molecule has 0 aliphatic heterocycles. The van der Waals surface area contributed by atoms with Crippen LogP contribution >= 0.6 is 11.6 Å². The van der Waals surface area contributed by atoms with Gasteiger partial charge >= 0.3 is 0 Å². The normalized spacial score (nSPS) is 12.2. The van der Waals surface area contributed by atoms with Crippen LogP contribution in [0.2, 0.25) is 5.02 Å². The van der Waals surface area contributed by atoms with E-state index in [-0.39, 0.29) is 0 Å². The summed E-state index contributed by atoms with van der Waals surface area (Å²) >= 11 is 6.13. The van der Waals surface area contributed by atoms with Crippen LogP contribution in [0.3, 0.4) is 0 Å². The Balaban J connectivity index is 1.87. The molecule has 0 aliphatic carbocycles. The maximum atomic E-state index is 10.7. The Kier molecular flexibility index (Phi) is 4.83. The van der Waals surface area contributed by atoms with Crippen molar-refractivity contribution >= 4 is 17.3 Å². The number of anilines is 1. The van der Waals surface area contributed by atoms with Crippen LogP contribution in [-0.4, -0.2) is 19.9 Å². The van der Waals surface area contributed by atoms with Gasteiger partial charge in [-0.1, -0.05) is 41.9 Å². The Hall–Kier alpha value is -2.37. The van der Waals surface area contributed by atoms with Crippen LogP contribution in [0.15, 0.2) is 48.5 Å². The molecule has 0 amide bonds. The van der Waals surface area contributed by atoms with Gasteiger partial charge in [-0.15, -0.1) is 10.2 Å². The monoisotopic (exact) mass is 342 g/mol. The maximum absolute atomic E-state index is 10.7. The number of benzene rings is 2. The number of halogens is 1. The Bertz CT molecular complexity index is 832. The van der Waals surface area contributed by atoms with Crippen molar-refractivity contribution in [3.8, 4) is 0 Å². The first-order valence-electron chi connectivity index (χ1n) is 7.67. The van der Waals surface area contributed by atoms with E-state index in [0.717, 1.165) is 28.5 Å². The molecule has 0 spiro atoms. The first-order valence-corrected chi connectivity index (χ1v) is 8.05. The molecule has 2 N–H and O–H groups in total. The number of nitrogens with zero attached hydrogens (tertiary/aromatic N) is 3.